The molecule has 0 saturated carbocycles. The maximum Gasteiger partial charge on any atom is 0.400 e. The summed E-state index contributed by atoms with van der Waals surface area (Å²) in [6.07, 6.45) is -3.89. The van der Waals surface area contributed by atoms with E-state index in [0.717, 1.165) is 12.0 Å². The summed E-state index contributed by atoms with van der Waals surface area (Å²) in [5.74, 6) is -2.99. The molecule has 0 aromatic rings. The Morgan fingerprint density at radius 1 is 1.54 bits per heavy atom. The molecule has 13 heavy (non-hydrogen) atoms. The van der Waals surface area contributed by atoms with Gasteiger partial charge in [0.2, 0.25) is 0 Å². The monoisotopic (exact) mass is 197 g/mol. The predicted octanol–water partition coefficient (Wildman–Crippen LogP) is 1.35. The molecule has 0 aromatic carbocycles. The van der Waals surface area contributed by atoms with Gasteiger partial charge in [0.15, 0.2) is 0 Å². The number of hydroxylamine groups is 2. The van der Waals surface area contributed by atoms with E-state index in [1.807, 2.05) is 0 Å². The maximum atomic E-state index is 12.0. The molecule has 1 atom stereocenters. The summed E-state index contributed by atoms with van der Waals surface area (Å²) < 4.78 is 36.1. The summed E-state index contributed by atoms with van der Waals surface area (Å²) in [5.41, 5.74) is 0. The molecule has 1 heterocycles. The van der Waals surface area contributed by atoms with E-state index < -0.39 is 18.0 Å². The van der Waals surface area contributed by atoms with E-state index in [9.17, 15) is 18.0 Å². The first-order valence-corrected chi connectivity index (χ1v) is 3.94. The van der Waals surface area contributed by atoms with Gasteiger partial charge >= 0.3 is 6.18 Å². The fraction of sp³-hybridized carbons (Fsp3) is 0.857. The largest absolute Gasteiger partial charge is 0.400 e. The van der Waals surface area contributed by atoms with Gasteiger partial charge in [-0.25, -0.2) is 5.06 Å². The highest BCUT2D eigenvalue weighted by atomic mass is 19.4. The molecule has 0 bridgehead atoms. The van der Waals surface area contributed by atoms with Gasteiger partial charge in [0.25, 0.3) is 5.91 Å². The van der Waals surface area contributed by atoms with E-state index in [1.165, 1.54) is 0 Å². The number of carbonyl (C=O) groups is 1. The smallest absolute Gasteiger partial charge is 0.272 e. The highest BCUT2D eigenvalue weighted by Gasteiger charge is 2.43. The van der Waals surface area contributed by atoms with Crippen LogP contribution in [0.2, 0.25) is 0 Å². The lowest BCUT2D eigenvalue weighted by atomic mass is 10.1. The van der Waals surface area contributed by atoms with Crippen LogP contribution in [0.3, 0.4) is 0 Å². The number of rotatable bonds is 1. The Kier molecular flexibility index (Phi) is 2.80. The summed E-state index contributed by atoms with van der Waals surface area (Å²) in [6, 6.07) is 0. The summed E-state index contributed by atoms with van der Waals surface area (Å²) in [6.45, 7) is 1.40. The molecule has 0 aliphatic carbocycles. The zero-order valence-electron chi connectivity index (χ0n) is 7.10. The molecular weight excluding hydrogens is 187 g/mol. The lowest BCUT2D eigenvalue weighted by molar-refractivity contribution is -0.207. The van der Waals surface area contributed by atoms with E-state index >= 15 is 0 Å². The molecule has 0 spiro atoms. The zero-order chi connectivity index (χ0) is 10.1. The molecule has 6 heteroatoms. The number of amides is 1. The van der Waals surface area contributed by atoms with E-state index in [1.54, 1.807) is 0 Å². The van der Waals surface area contributed by atoms with Crippen molar-refractivity contribution in [2.24, 2.45) is 5.92 Å². The highest BCUT2D eigenvalue weighted by molar-refractivity contribution is 5.78. The van der Waals surface area contributed by atoms with E-state index in [0.29, 0.717) is 13.0 Å². The second-order valence-corrected chi connectivity index (χ2v) is 2.89. The third-order valence-electron chi connectivity index (χ3n) is 1.86. The molecule has 1 fully saturated rings. The minimum absolute atomic E-state index is 0.249. The average Bonchev–Trinajstić information content (AvgIpc) is 2.51. The Hall–Kier alpha value is -0.780. The molecular formula is C7H10F3NO2. The topological polar surface area (TPSA) is 29.5 Å². The van der Waals surface area contributed by atoms with Crippen LogP contribution < -0.4 is 0 Å². The third kappa shape index (κ3) is 2.33. The first-order chi connectivity index (χ1) is 5.93. The van der Waals surface area contributed by atoms with Gasteiger partial charge in [-0.2, -0.15) is 13.2 Å². The van der Waals surface area contributed by atoms with E-state index in [4.69, 9.17) is 4.84 Å². The van der Waals surface area contributed by atoms with Crippen molar-refractivity contribution in [2.45, 2.75) is 19.5 Å². The molecule has 0 radical (unpaired) electrons. The van der Waals surface area contributed by atoms with Crippen LogP contribution in [-0.2, 0) is 9.63 Å². The Labute approximate surface area is 73.4 Å². The first kappa shape index (κ1) is 10.3. The van der Waals surface area contributed by atoms with Gasteiger partial charge in [-0.05, 0) is 13.3 Å². The van der Waals surface area contributed by atoms with Crippen LogP contribution in [0.15, 0.2) is 0 Å². The summed E-state index contributed by atoms with van der Waals surface area (Å²) in [4.78, 5) is 15.8. The van der Waals surface area contributed by atoms with Crippen molar-refractivity contribution in [1.82, 2.24) is 5.06 Å². The third-order valence-corrected chi connectivity index (χ3v) is 1.86. The highest BCUT2D eigenvalue weighted by Crippen LogP contribution is 2.28. The quantitative estimate of drug-likeness (QED) is 0.635. The molecule has 0 aromatic heterocycles. The van der Waals surface area contributed by atoms with Crippen LogP contribution in [0.4, 0.5) is 13.2 Å². The van der Waals surface area contributed by atoms with Gasteiger partial charge in [-0.1, -0.05) is 0 Å². The second-order valence-electron chi connectivity index (χ2n) is 2.89. The van der Waals surface area contributed by atoms with Gasteiger partial charge < -0.3 is 0 Å². The molecule has 1 amide bonds. The van der Waals surface area contributed by atoms with Crippen molar-refractivity contribution >= 4 is 5.91 Å². The van der Waals surface area contributed by atoms with Crippen LogP contribution in [0.1, 0.15) is 13.3 Å². The number of alkyl halides is 3. The van der Waals surface area contributed by atoms with Crippen LogP contribution in [0, 0.1) is 5.92 Å². The minimum atomic E-state index is -4.48. The van der Waals surface area contributed by atoms with Gasteiger partial charge in [-0.3, -0.25) is 9.63 Å². The van der Waals surface area contributed by atoms with Crippen molar-refractivity contribution < 1.29 is 22.8 Å². The number of carbonyl (C=O) groups excluding carboxylic acids is 1. The predicted molar refractivity (Wildman–Crippen MR) is 37.5 cm³/mol. The zero-order valence-corrected chi connectivity index (χ0v) is 7.10. The Morgan fingerprint density at radius 3 is 2.54 bits per heavy atom. The van der Waals surface area contributed by atoms with Crippen molar-refractivity contribution in [3.05, 3.63) is 0 Å². The maximum absolute atomic E-state index is 12.0. The van der Waals surface area contributed by atoms with Crippen LogP contribution in [-0.4, -0.2) is 30.3 Å². The van der Waals surface area contributed by atoms with Gasteiger partial charge in [0.05, 0.1) is 13.2 Å². The molecule has 1 saturated heterocycles. The fourth-order valence-corrected chi connectivity index (χ4v) is 0.977. The molecule has 1 unspecified atom stereocenters. The van der Waals surface area contributed by atoms with Crippen molar-refractivity contribution in [1.29, 1.82) is 0 Å². The second kappa shape index (κ2) is 3.53. The Bertz CT molecular complexity index is 198. The molecule has 76 valence electrons. The fourth-order valence-electron chi connectivity index (χ4n) is 0.977. The lowest BCUT2D eigenvalue weighted by Crippen LogP contribution is -2.38. The number of nitrogens with zero attached hydrogens (tertiary/aromatic N) is 1. The van der Waals surface area contributed by atoms with Crippen molar-refractivity contribution in [3.8, 4) is 0 Å². The van der Waals surface area contributed by atoms with Gasteiger partial charge in [-0.15, -0.1) is 0 Å². The van der Waals surface area contributed by atoms with E-state index in [2.05, 4.69) is 0 Å². The summed E-state index contributed by atoms with van der Waals surface area (Å²) >= 11 is 0. The molecule has 1 rings (SSSR count). The SMILES string of the molecule is CC(C(=O)N1CCCO1)C(F)(F)F. The lowest BCUT2D eigenvalue weighted by Gasteiger charge is -2.20. The van der Waals surface area contributed by atoms with Crippen LogP contribution >= 0.6 is 0 Å². The van der Waals surface area contributed by atoms with Gasteiger partial charge in [0.1, 0.15) is 5.92 Å². The van der Waals surface area contributed by atoms with Crippen molar-refractivity contribution in [3.63, 3.8) is 0 Å². The number of hydrogen-bond donors (Lipinski definition) is 0. The first-order valence-electron chi connectivity index (χ1n) is 3.94. The molecule has 0 N–H and O–H groups in total. The summed E-state index contributed by atoms with van der Waals surface area (Å²) in [5, 5.41) is 0.790. The molecule has 3 nitrogen and oxygen atoms in total. The molecule has 1 aliphatic heterocycles. The van der Waals surface area contributed by atoms with Gasteiger partial charge in [0, 0.05) is 0 Å². The molecule has 1 aliphatic rings. The van der Waals surface area contributed by atoms with Crippen LogP contribution in [0.25, 0.3) is 0 Å². The summed E-state index contributed by atoms with van der Waals surface area (Å²) in [7, 11) is 0. The van der Waals surface area contributed by atoms with E-state index in [-0.39, 0.29) is 6.54 Å². The standard InChI is InChI=1S/C7H10F3NO2/c1-5(7(8,9)10)6(12)11-3-2-4-13-11/h5H,2-4H2,1H3. The minimum Gasteiger partial charge on any atom is -0.272 e. The normalized spacial score (nSPS) is 20.5. The van der Waals surface area contributed by atoms with Crippen molar-refractivity contribution in [2.75, 3.05) is 13.2 Å². The average molecular weight is 197 g/mol. The Balaban J connectivity index is 2.56. The Morgan fingerprint density at radius 2 is 2.15 bits per heavy atom. The number of halogens is 3. The van der Waals surface area contributed by atoms with Crippen LogP contribution in [0.5, 0.6) is 0 Å². The number of hydrogen-bond acceptors (Lipinski definition) is 2.